The van der Waals surface area contributed by atoms with Crippen molar-refractivity contribution in [1.82, 2.24) is 0 Å². The Morgan fingerprint density at radius 2 is 1.05 bits per heavy atom. The van der Waals surface area contributed by atoms with Gasteiger partial charge in [0.2, 0.25) is 0 Å². The monoisotopic (exact) mass is 960 g/mol. The lowest BCUT2D eigenvalue weighted by Crippen LogP contribution is -2.61. The van der Waals surface area contributed by atoms with Gasteiger partial charge in [0.05, 0.1) is 5.54 Å². The highest BCUT2D eigenvalue weighted by atomic mass is 15.3. The van der Waals surface area contributed by atoms with E-state index in [-0.39, 0.29) is 23.0 Å². The zero-order valence-corrected chi connectivity index (χ0v) is 44.8. The van der Waals surface area contributed by atoms with Gasteiger partial charge in [-0.25, -0.2) is 0 Å². The van der Waals surface area contributed by atoms with Crippen molar-refractivity contribution in [1.29, 1.82) is 0 Å². The van der Waals surface area contributed by atoms with Crippen LogP contribution in [0.5, 0.6) is 0 Å². The summed E-state index contributed by atoms with van der Waals surface area (Å²) in [6.45, 7) is 23.7. The van der Waals surface area contributed by atoms with Crippen molar-refractivity contribution in [2.24, 2.45) is 0 Å². The van der Waals surface area contributed by atoms with Gasteiger partial charge in [0, 0.05) is 50.9 Å². The van der Waals surface area contributed by atoms with Gasteiger partial charge in [-0.05, 0) is 165 Å². The summed E-state index contributed by atoms with van der Waals surface area (Å²) >= 11 is 0. The first-order valence-electron chi connectivity index (χ1n) is 26.9. The number of nitrogens with zero attached hydrogens (tertiary/aromatic N) is 3. The van der Waals surface area contributed by atoms with E-state index in [1.54, 1.807) is 0 Å². The quantitative estimate of drug-likeness (QED) is 0.159. The second-order valence-electron chi connectivity index (χ2n) is 24.3. The minimum absolute atomic E-state index is 0.0129. The van der Waals surface area contributed by atoms with E-state index >= 15 is 0 Å². The van der Waals surface area contributed by atoms with Crippen LogP contribution in [0, 0.1) is 13.8 Å². The number of aryl methyl sites for hydroxylation is 3. The van der Waals surface area contributed by atoms with E-state index < -0.39 is 5.54 Å². The fourth-order valence-corrected chi connectivity index (χ4v) is 13.7. The van der Waals surface area contributed by atoms with Crippen LogP contribution in [-0.2, 0) is 28.2 Å². The molecule has 0 saturated heterocycles. The van der Waals surface area contributed by atoms with Crippen molar-refractivity contribution in [2.45, 2.75) is 104 Å². The molecule has 9 aromatic carbocycles. The summed E-state index contributed by atoms with van der Waals surface area (Å²) in [5.41, 5.74) is 27.5. The van der Waals surface area contributed by atoms with E-state index in [1.165, 1.54) is 112 Å². The number of rotatable bonds is 5. The molecule has 3 heterocycles. The molecule has 74 heavy (non-hydrogen) atoms. The Hall–Kier alpha value is -7.56. The molecule has 3 aliphatic heterocycles. The molecule has 0 bridgehead atoms. The molecule has 4 aliphatic rings. The van der Waals surface area contributed by atoms with Crippen LogP contribution in [0.1, 0.15) is 101 Å². The first kappa shape index (κ1) is 46.2. The van der Waals surface area contributed by atoms with Crippen molar-refractivity contribution in [3.05, 3.63) is 233 Å². The van der Waals surface area contributed by atoms with E-state index in [2.05, 4.69) is 278 Å². The van der Waals surface area contributed by atoms with Crippen LogP contribution in [0.3, 0.4) is 0 Å². The van der Waals surface area contributed by atoms with Crippen LogP contribution < -0.4 is 31.1 Å². The third kappa shape index (κ3) is 6.86. The van der Waals surface area contributed by atoms with E-state index in [4.69, 9.17) is 0 Å². The van der Waals surface area contributed by atoms with Crippen LogP contribution in [0.15, 0.2) is 194 Å². The van der Waals surface area contributed by atoms with E-state index in [0.29, 0.717) is 0 Å². The van der Waals surface area contributed by atoms with Crippen LogP contribution in [-0.4, -0.2) is 6.71 Å². The third-order valence-electron chi connectivity index (χ3n) is 17.7. The maximum absolute atomic E-state index is 2.80. The average molecular weight is 960 g/mol. The van der Waals surface area contributed by atoms with Crippen molar-refractivity contribution in [3.8, 4) is 22.3 Å². The number of benzene rings is 9. The van der Waals surface area contributed by atoms with Crippen LogP contribution in [0.4, 0.5) is 45.5 Å². The first-order chi connectivity index (χ1) is 35.5. The molecule has 2 unspecified atom stereocenters. The van der Waals surface area contributed by atoms with Gasteiger partial charge in [-0.3, -0.25) is 0 Å². The highest BCUT2D eigenvalue weighted by Crippen LogP contribution is 2.65. The summed E-state index contributed by atoms with van der Waals surface area (Å²) in [6, 6.07) is 74.6. The Bertz CT molecular complexity index is 3710. The van der Waals surface area contributed by atoms with Gasteiger partial charge in [0.1, 0.15) is 0 Å². The van der Waals surface area contributed by atoms with Crippen LogP contribution in [0.25, 0.3) is 22.3 Å². The van der Waals surface area contributed by atoms with Crippen molar-refractivity contribution in [3.63, 3.8) is 0 Å². The molecule has 0 spiro atoms. The molecule has 9 aromatic rings. The Morgan fingerprint density at radius 1 is 0.446 bits per heavy atom. The van der Waals surface area contributed by atoms with Gasteiger partial charge in [-0.1, -0.05) is 200 Å². The Balaban J connectivity index is 1.18. The summed E-state index contributed by atoms with van der Waals surface area (Å²) in [5.74, 6) is 0. The molecule has 4 heteroatoms. The lowest BCUT2D eigenvalue weighted by molar-refractivity contribution is 0.245. The maximum atomic E-state index is 2.80. The molecule has 2 atom stereocenters. The second-order valence-corrected chi connectivity index (χ2v) is 24.3. The van der Waals surface area contributed by atoms with Crippen LogP contribution in [0.2, 0.25) is 0 Å². The Morgan fingerprint density at radius 3 is 1.73 bits per heavy atom. The maximum Gasteiger partial charge on any atom is 0.252 e. The molecule has 3 nitrogen and oxygen atoms in total. The number of fused-ring (bicyclic) bond motifs is 9. The SMILES string of the molecule is Cc1cc(C)c2c(c1)C1(C)CCc3ccccc3C1(C)N2c1cc2c3c(c1)N(c1cccc(-c4ccccc4)c1)c1cc(-c4ccccc4)ccc1B3c1cc(C(C)(C)C)ccc1N2c1ccc(C(C)(C)C)cc1. The van der Waals surface area contributed by atoms with Gasteiger partial charge in [0.25, 0.3) is 6.71 Å². The molecule has 13 rings (SSSR count). The molecule has 1 aliphatic carbocycles. The zero-order chi connectivity index (χ0) is 51.1. The molecular formula is C70H66BN3. The molecule has 0 aromatic heterocycles. The van der Waals surface area contributed by atoms with Gasteiger partial charge in [-0.2, -0.15) is 0 Å². The third-order valence-corrected chi connectivity index (χ3v) is 17.7. The number of hydrogen-bond acceptors (Lipinski definition) is 3. The van der Waals surface area contributed by atoms with E-state index in [1.807, 2.05) is 0 Å². The number of anilines is 8. The average Bonchev–Trinajstić information content (AvgIpc) is 3.63. The topological polar surface area (TPSA) is 9.72 Å². The summed E-state index contributed by atoms with van der Waals surface area (Å²) in [5, 5.41) is 0. The fraction of sp³-hybridized carbons (Fsp3) is 0.229. The summed E-state index contributed by atoms with van der Waals surface area (Å²) in [6.07, 6.45) is 2.12. The second kappa shape index (κ2) is 16.5. The molecular weight excluding hydrogens is 894 g/mol. The van der Waals surface area contributed by atoms with Gasteiger partial charge in [0.15, 0.2) is 0 Å². The largest absolute Gasteiger partial charge is 0.330 e. The standard InChI is InChI=1S/C70H66BN3/c1-45-38-46(2)66-58(39-45)69(9)37-36-49-24-17-18-27-57(49)70(69,10)74(66)56-43-63-65-64(44-56)73(55-26-19-25-50(40-55)47-20-13-11-14-21-47)62-41-51(48-22-15-12-16-23-48)28-34-59(62)71(65)60-42-53(68(6,7)8)31-35-61(60)72(63)54-32-29-52(30-33-54)67(3,4)5/h11-35,38-44H,36-37H2,1-10H3. The van der Waals surface area contributed by atoms with E-state index in [0.717, 1.165) is 24.2 Å². The molecule has 0 fully saturated rings. The van der Waals surface area contributed by atoms with Crippen molar-refractivity contribution < 1.29 is 0 Å². The van der Waals surface area contributed by atoms with E-state index in [9.17, 15) is 0 Å². The first-order valence-corrected chi connectivity index (χ1v) is 26.9. The molecule has 364 valence electrons. The van der Waals surface area contributed by atoms with Gasteiger partial charge in [-0.15, -0.1) is 0 Å². The minimum atomic E-state index is -0.401. The van der Waals surface area contributed by atoms with Crippen molar-refractivity contribution >= 4 is 68.6 Å². The lowest BCUT2D eigenvalue weighted by Gasteiger charge is -2.52. The smallest absolute Gasteiger partial charge is 0.252 e. The summed E-state index contributed by atoms with van der Waals surface area (Å²) in [4.78, 5) is 8.04. The molecule has 0 saturated carbocycles. The zero-order valence-electron chi connectivity index (χ0n) is 44.8. The lowest BCUT2D eigenvalue weighted by atomic mass is 9.33. The minimum Gasteiger partial charge on any atom is -0.330 e. The van der Waals surface area contributed by atoms with Gasteiger partial charge < -0.3 is 14.7 Å². The predicted octanol–water partition coefficient (Wildman–Crippen LogP) is 16.6. The van der Waals surface area contributed by atoms with Gasteiger partial charge >= 0.3 is 0 Å². The normalized spacial score (nSPS) is 18.3. The Kier molecular flexibility index (Phi) is 10.3. The predicted molar refractivity (Wildman–Crippen MR) is 316 cm³/mol. The molecule has 0 radical (unpaired) electrons. The van der Waals surface area contributed by atoms with Crippen molar-refractivity contribution in [2.75, 3.05) is 14.7 Å². The number of hydrogen-bond donors (Lipinski definition) is 0. The summed E-state index contributed by atoms with van der Waals surface area (Å²) in [7, 11) is 0. The Labute approximate surface area is 440 Å². The summed E-state index contributed by atoms with van der Waals surface area (Å²) < 4.78 is 0. The fourth-order valence-electron chi connectivity index (χ4n) is 13.7. The van der Waals surface area contributed by atoms with Crippen LogP contribution >= 0.6 is 0 Å². The highest BCUT2D eigenvalue weighted by molar-refractivity contribution is 7.00. The highest BCUT2D eigenvalue weighted by Gasteiger charge is 2.60. The molecule has 0 amide bonds. The molecule has 0 N–H and O–H groups in total.